The van der Waals surface area contributed by atoms with Crippen LogP contribution in [0.15, 0.2) is 113 Å². The molecule has 1 atom stereocenters. The smallest absolute Gasteiger partial charge is 0.246 e. The Labute approximate surface area is 309 Å². The van der Waals surface area contributed by atoms with Crippen LogP contribution in [-0.2, 0) is 33.6 Å². The number of hydrogen-bond donors (Lipinski definition) is 2. The SMILES string of the molecule is Cc1cc2cc(C(NS(=O)(=O)c3ccc(Cl)cc3Cl)N(Cc3ccc4[nH]c5ccccc5c4c3)S(=O)(=O)c3ccc(Cl)cc3Cl)ccc2n1C. The van der Waals surface area contributed by atoms with Crippen molar-refractivity contribution >= 4 is 99.2 Å². The summed E-state index contributed by atoms with van der Waals surface area (Å²) in [6, 6.07) is 28.6. The third-order valence-corrected chi connectivity index (χ3v) is 13.4. The van der Waals surface area contributed by atoms with Crippen LogP contribution in [0.2, 0.25) is 20.1 Å². The fraction of sp³-hybridized carbons (Fsp3) is 0.111. The van der Waals surface area contributed by atoms with E-state index in [1.54, 1.807) is 18.2 Å². The lowest BCUT2D eigenvalue weighted by molar-refractivity contribution is 0.302. The number of fused-ring (bicyclic) bond motifs is 4. The van der Waals surface area contributed by atoms with Gasteiger partial charge in [0.25, 0.3) is 0 Å². The molecule has 0 fully saturated rings. The van der Waals surface area contributed by atoms with Gasteiger partial charge in [-0.05, 0) is 90.8 Å². The highest BCUT2D eigenvalue weighted by molar-refractivity contribution is 7.90. The molecule has 256 valence electrons. The third-order valence-electron chi connectivity index (χ3n) is 8.75. The Bertz CT molecular complexity index is 2690. The summed E-state index contributed by atoms with van der Waals surface area (Å²) >= 11 is 25.2. The zero-order chi connectivity index (χ0) is 35.5. The van der Waals surface area contributed by atoms with Gasteiger partial charge < -0.3 is 9.55 Å². The quantitative estimate of drug-likeness (QED) is 0.142. The van der Waals surface area contributed by atoms with Crippen molar-refractivity contribution in [3.63, 3.8) is 0 Å². The van der Waals surface area contributed by atoms with Crippen LogP contribution >= 0.6 is 46.4 Å². The third kappa shape index (κ3) is 6.40. The fourth-order valence-electron chi connectivity index (χ4n) is 6.17. The number of aryl methyl sites for hydroxylation is 2. The highest BCUT2D eigenvalue weighted by Gasteiger charge is 2.37. The molecule has 5 aromatic carbocycles. The van der Waals surface area contributed by atoms with Gasteiger partial charge in [0.05, 0.1) is 10.0 Å². The molecule has 0 saturated carbocycles. The van der Waals surface area contributed by atoms with Crippen molar-refractivity contribution in [3.05, 3.63) is 140 Å². The molecule has 0 amide bonds. The van der Waals surface area contributed by atoms with E-state index >= 15 is 0 Å². The maximum Gasteiger partial charge on any atom is 0.246 e. The number of rotatable bonds is 9. The summed E-state index contributed by atoms with van der Waals surface area (Å²) in [6.45, 7) is 1.70. The fourth-order valence-corrected chi connectivity index (χ4v) is 10.5. The predicted octanol–water partition coefficient (Wildman–Crippen LogP) is 9.60. The first-order chi connectivity index (χ1) is 23.7. The van der Waals surface area contributed by atoms with Crippen molar-refractivity contribution in [1.29, 1.82) is 0 Å². The van der Waals surface area contributed by atoms with Crippen LogP contribution < -0.4 is 4.72 Å². The van der Waals surface area contributed by atoms with Gasteiger partial charge in [-0.1, -0.05) is 76.7 Å². The summed E-state index contributed by atoms with van der Waals surface area (Å²) in [6.07, 6.45) is -1.48. The number of benzene rings is 5. The van der Waals surface area contributed by atoms with Gasteiger partial charge in [-0.2, -0.15) is 9.03 Å². The molecule has 2 aromatic heterocycles. The molecule has 0 radical (unpaired) electrons. The van der Waals surface area contributed by atoms with Crippen LogP contribution in [0.25, 0.3) is 32.7 Å². The second kappa shape index (κ2) is 13.2. The lowest BCUT2D eigenvalue weighted by Gasteiger charge is -2.32. The zero-order valence-electron chi connectivity index (χ0n) is 26.5. The Hall–Kier alpha value is -3.58. The first kappa shape index (κ1) is 34.9. The number of aromatic nitrogens is 2. The predicted molar refractivity (Wildman–Crippen MR) is 202 cm³/mol. The minimum atomic E-state index is -4.56. The summed E-state index contributed by atoms with van der Waals surface area (Å²) < 4.78 is 63.9. The maximum absolute atomic E-state index is 14.9. The van der Waals surface area contributed by atoms with Crippen molar-refractivity contribution < 1.29 is 16.8 Å². The van der Waals surface area contributed by atoms with E-state index in [0.717, 1.165) is 42.7 Å². The first-order valence-corrected chi connectivity index (χ1v) is 19.7. The molecule has 0 aliphatic heterocycles. The second-order valence-electron chi connectivity index (χ2n) is 11.9. The van der Waals surface area contributed by atoms with Gasteiger partial charge in [0.15, 0.2) is 0 Å². The second-order valence-corrected chi connectivity index (χ2v) is 17.2. The van der Waals surface area contributed by atoms with Crippen LogP contribution in [-0.4, -0.2) is 30.7 Å². The van der Waals surface area contributed by atoms with E-state index in [1.165, 1.54) is 36.4 Å². The van der Waals surface area contributed by atoms with Crippen LogP contribution in [0.5, 0.6) is 0 Å². The van der Waals surface area contributed by atoms with Gasteiger partial charge in [-0.25, -0.2) is 16.8 Å². The Morgan fingerprint density at radius 2 is 1.40 bits per heavy atom. The highest BCUT2D eigenvalue weighted by atomic mass is 35.5. The lowest BCUT2D eigenvalue weighted by Crippen LogP contribution is -2.44. The van der Waals surface area contributed by atoms with Crippen molar-refractivity contribution in [2.75, 3.05) is 0 Å². The van der Waals surface area contributed by atoms with E-state index < -0.39 is 26.2 Å². The summed E-state index contributed by atoms with van der Waals surface area (Å²) in [4.78, 5) is 2.86. The average Bonchev–Trinajstić information content (AvgIpc) is 3.57. The Kier molecular flexibility index (Phi) is 9.20. The van der Waals surface area contributed by atoms with Gasteiger partial charge >= 0.3 is 0 Å². The molecule has 2 heterocycles. The monoisotopic (exact) mass is 784 g/mol. The number of aromatic amines is 1. The van der Waals surface area contributed by atoms with Gasteiger partial charge in [0, 0.05) is 62.0 Å². The van der Waals surface area contributed by atoms with E-state index in [9.17, 15) is 16.8 Å². The summed E-state index contributed by atoms with van der Waals surface area (Å²) in [5.74, 6) is 0. The number of H-pyrrole nitrogens is 1. The lowest BCUT2D eigenvalue weighted by atomic mass is 10.1. The largest absolute Gasteiger partial charge is 0.355 e. The summed E-state index contributed by atoms with van der Waals surface area (Å²) in [5, 5.41) is 2.86. The maximum atomic E-state index is 14.9. The number of halogens is 4. The molecule has 2 N–H and O–H groups in total. The molecular formula is C36H28Cl4N4O4S2. The molecule has 0 aliphatic rings. The van der Waals surface area contributed by atoms with Crippen molar-refractivity contribution in [3.8, 4) is 0 Å². The molecule has 14 heteroatoms. The molecule has 0 aliphatic carbocycles. The average molecular weight is 787 g/mol. The minimum absolute atomic E-state index is 0.119. The van der Waals surface area contributed by atoms with Gasteiger partial charge in [0.2, 0.25) is 20.0 Å². The summed E-state index contributed by atoms with van der Waals surface area (Å²) in [5.41, 5.74) is 4.60. The molecule has 0 saturated heterocycles. The molecule has 0 spiro atoms. The Morgan fingerprint density at radius 3 is 2.10 bits per heavy atom. The van der Waals surface area contributed by atoms with Crippen molar-refractivity contribution in [2.45, 2.75) is 29.4 Å². The van der Waals surface area contributed by atoms with Crippen LogP contribution in [0.4, 0.5) is 0 Å². The molecule has 1 unspecified atom stereocenters. The topological polar surface area (TPSA) is 104 Å². The van der Waals surface area contributed by atoms with Crippen molar-refractivity contribution in [1.82, 2.24) is 18.6 Å². The van der Waals surface area contributed by atoms with Crippen molar-refractivity contribution in [2.24, 2.45) is 7.05 Å². The van der Waals surface area contributed by atoms with Gasteiger partial charge in [0.1, 0.15) is 16.0 Å². The molecule has 7 aromatic rings. The number of hydrogen-bond acceptors (Lipinski definition) is 4. The molecule has 50 heavy (non-hydrogen) atoms. The van der Waals surface area contributed by atoms with Crippen LogP contribution in [0.1, 0.15) is 23.0 Å². The number of nitrogens with zero attached hydrogens (tertiary/aromatic N) is 2. The number of para-hydroxylation sites is 1. The zero-order valence-corrected chi connectivity index (χ0v) is 31.1. The van der Waals surface area contributed by atoms with E-state index in [-0.39, 0.29) is 36.4 Å². The van der Waals surface area contributed by atoms with Gasteiger partial charge in [-0.3, -0.25) is 0 Å². The van der Waals surface area contributed by atoms with Crippen LogP contribution in [0, 0.1) is 6.92 Å². The van der Waals surface area contributed by atoms with Gasteiger partial charge in [-0.15, -0.1) is 0 Å². The standard InChI is InChI=1S/C36H28Cl4N4O4S2/c1-21-15-24-17-23(8-12-33(24)43(21)2)36(42-49(45,46)34-13-9-25(37)18-29(34)39)44(50(47,48)35-14-10-26(38)19-30(35)40)20-22-7-11-32-28(16-22)27-5-3-4-6-31(27)41-32/h3-19,36,41-42H,20H2,1-2H3. The van der Waals surface area contributed by atoms with E-state index in [4.69, 9.17) is 46.4 Å². The normalized spacial score (nSPS) is 13.2. The molecular weight excluding hydrogens is 758 g/mol. The van der Waals surface area contributed by atoms with E-state index in [1.807, 2.05) is 67.1 Å². The van der Waals surface area contributed by atoms with Crippen LogP contribution in [0.3, 0.4) is 0 Å². The Morgan fingerprint density at radius 1 is 0.740 bits per heavy atom. The summed E-state index contributed by atoms with van der Waals surface area (Å²) in [7, 11) is -7.11. The van der Waals surface area contributed by atoms with E-state index in [2.05, 4.69) is 9.71 Å². The number of nitrogens with one attached hydrogen (secondary N) is 2. The molecule has 7 rings (SSSR count). The Balaban J connectivity index is 1.45. The van der Waals surface area contributed by atoms with E-state index in [0.29, 0.717) is 11.1 Å². The molecule has 0 bridgehead atoms. The molecule has 8 nitrogen and oxygen atoms in total. The minimum Gasteiger partial charge on any atom is -0.355 e. The highest BCUT2D eigenvalue weighted by Crippen LogP contribution is 2.37. The number of sulfonamides is 2. The first-order valence-electron chi connectivity index (χ1n) is 15.2.